The Kier molecular flexibility index (Phi) is 10.8. The van der Waals surface area contributed by atoms with Crippen LogP contribution in [0.15, 0.2) is 27.8 Å². The average molecular weight is 560 g/mol. The Hall–Kier alpha value is -1.82. The zero-order valence-corrected chi connectivity index (χ0v) is 21.8. The highest BCUT2D eigenvalue weighted by Crippen LogP contribution is 2.19. The van der Waals surface area contributed by atoms with Crippen molar-refractivity contribution in [3.63, 3.8) is 0 Å². The number of hydrogen-bond donors (Lipinski definition) is 1. The van der Waals surface area contributed by atoms with Gasteiger partial charge < -0.3 is 24.4 Å². The van der Waals surface area contributed by atoms with Gasteiger partial charge in [0.2, 0.25) is 5.91 Å². The monoisotopic (exact) mass is 560 g/mol. The highest BCUT2D eigenvalue weighted by atomic mass is 127. The third kappa shape index (κ3) is 6.84. The van der Waals surface area contributed by atoms with Gasteiger partial charge in [-0.2, -0.15) is 0 Å². The van der Waals surface area contributed by atoms with Crippen LogP contribution in [0.25, 0.3) is 0 Å². The van der Waals surface area contributed by atoms with Crippen LogP contribution in [0.5, 0.6) is 0 Å². The molecule has 180 valence electrons. The molecule has 1 aromatic rings. The summed E-state index contributed by atoms with van der Waals surface area (Å²) in [6.45, 7) is 8.22. The number of amides is 2. The van der Waals surface area contributed by atoms with Crippen LogP contribution in [-0.2, 0) is 4.79 Å². The van der Waals surface area contributed by atoms with Crippen LogP contribution >= 0.6 is 24.0 Å². The first-order valence-electron chi connectivity index (χ1n) is 11.3. The Balaban J connectivity index is 0.00000363. The molecular weight excluding hydrogens is 523 g/mol. The van der Waals surface area contributed by atoms with Gasteiger partial charge in [-0.1, -0.05) is 0 Å². The van der Waals surface area contributed by atoms with Crippen LogP contribution < -0.4 is 5.32 Å². The topological polar surface area (TPSA) is 84.6 Å². The average Bonchev–Trinajstić information content (AvgIpc) is 3.47. The van der Waals surface area contributed by atoms with Crippen LogP contribution in [0.4, 0.5) is 0 Å². The Bertz CT molecular complexity index is 747. The predicted molar refractivity (Wildman–Crippen MR) is 135 cm³/mol. The van der Waals surface area contributed by atoms with Gasteiger partial charge in [-0.25, -0.2) is 0 Å². The second-order valence-corrected chi connectivity index (χ2v) is 8.27. The first kappa shape index (κ1) is 26.4. The van der Waals surface area contributed by atoms with Crippen LogP contribution in [0.3, 0.4) is 0 Å². The molecule has 2 aliphatic heterocycles. The maximum Gasteiger partial charge on any atom is 0.289 e. The summed E-state index contributed by atoms with van der Waals surface area (Å²) >= 11 is 0. The normalized spacial score (nSPS) is 19.6. The van der Waals surface area contributed by atoms with Crippen molar-refractivity contribution in [1.29, 1.82) is 0 Å². The Morgan fingerprint density at radius 2 is 1.91 bits per heavy atom. The minimum atomic E-state index is -0.0565. The highest BCUT2D eigenvalue weighted by molar-refractivity contribution is 14.0. The predicted octanol–water partition coefficient (Wildman–Crippen LogP) is 1.56. The molecule has 3 rings (SSSR count). The van der Waals surface area contributed by atoms with Gasteiger partial charge in [0.1, 0.15) is 0 Å². The Morgan fingerprint density at radius 3 is 2.53 bits per heavy atom. The third-order valence-electron chi connectivity index (χ3n) is 5.89. The molecule has 2 saturated heterocycles. The lowest BCUT2D eigenvalue weighted by atomic mass is 10.2. The maximum absolute atomic E-state index is 12.5. The standard InChI is InChI=1S/C22H36N6O3.HI/c1-4-23-22(24-10-7-12-26-11-5-8-18(26)20(29)25(2)3)28-15-13-27(14-16-28)21(30)19-9-6-17-31-19;/h6,9,17-18H,4-5,7-8,10-16H2,1-3H3,(H,23,24);1H. The van der Waals surface area contributed by atoms with E-state index in [0.717, 1.165) is 57.9 Å². The van der Waals surface area contributed by atoms with Gasteiger partial charge in [0.25, 0.3) is 5.91 Å². The summed E-state index contributed by atoms with van der Waals surface area (Å²) in [5.74, 6) is 1.44. The summed E-state index contributed by atoms with van der Waals surface area (Å²) in [6, 6.07) is 3.46. The molecule has 1 N–H and O–H groups in total. The lowest BCUT2D eigenvalue weighted by Crippen LogP contribution is -2.53. The van der Waals surface area contributed by atoms with Crippen molar-refractivity contribution >= 4 is 41.8 Å². The molecule has 0 aliphatic carbocycles. The fourth-order valence-corrected chi connectivity index (χ4v) is 4.23. The zero-order chi connectivity index (χ0) is 22.2. The van der Waals surface area contributed by atoms with E-state index in [9.17, 15) is 9.59 Å². The van der Waals surface area contributed by atoms with E-state index in [0.29, 0.717) is 25.4 Å². The van der Waals surface area contributed by atoms with E-state index in [2.05, 4.69) is 22.0 Å². The summed E-state index contributed by atoms with van der Waals surface area (Å²) in [7, 11) is 3.65. The minimum absolute atomic E-state index is 0. The van der Waals surface area contributed by atoms with E-state index < -0.39 is 0 Å². The molecule has 32 heavy (non-hydrogen) atoms. The summed E-state index contributed by atoms with van der Waals surface area (Å²) < 4.78 is 5.24. The Labute approximate surface area is 208 Å². The number of aliphatic imine (C=N–C) groups is 1. The molecule has 2 fully saturated rings. The maximum atomic E-state index is 12.5. The molecule has 1 unspecified atom stereocenters. The fraction of sp³-hybridized carbons (Fsp3) is 0.682. The van der Waals surface area contributed by atoms with E-state index in [-0.39, 0.29) is 41.8 Å². The largest absolute Gasteiger partial charge is 0.459 e. The molecule has 2 amide bonds. The Morgan fingerprint density at radius 1 is 1.19 bits per heavy atom. The smallest absolute Gasteiger partial charge is 0.289 e. The van der Waals surface area contributed by atoms with Gasteiger partial charge in [-0.3, -0.25) is 19.5 Å². The van der Waals surface area contributed by atoms with Crippen LogP contribution in [0, 0.1) is 0 Å². The van der Waals surface area contributed by atoms with E-state index in [1.54, 1.807) is 17.0 Å². The SMILES string of the molecule is CCNC(=NCCCN1CCCC1C(=O)N(C)C)N1CCN(C(=O)c2ccco2)CC1.I. The van der Waals surface area contributed by atoms with Gasteiger partial charge in [-0.05, 0) is 44.9 Å². The third-order valence-corrected chi connectivity index (χ3v) is 5.89. The molecule has 0 spiro atoms. The molecule has 1 atom stereocenters. The van der Waals surface area contributed by atoms with Crippen LogP contribution in [0.1, 0.15) is 36.7 Å². The van der Waals surface area contributed by atoms with Crippen molar-refractivity contribution in [1.82, 2.24) is 24.9 Å². The van der Waals surface area contributed by atoms with E-state index in [1.807, 2.05) is 19.0 Å². The lowest BCUT2D eigenvalue weighted by Gasteiger charge is -2.36. The summed E-state index contributed by atoms with van der Waals surface area (Å²) in [4.78, 5) is 37.6. The van der Waals surface area contributed by atoms with Gasteiger partial charge >= 0.3 is 0 Å². The molecule has 2 aliphatic rings. The highest BCUT2D eigenvalue weighted by Gasteiger charge is 2.31. The minimum Gasteiger partial charge on any atom is -0.459 e. The number of carbonyl (C=O) groups excluding carboxylic acids is 2. The number of likely N-dealkylation sites (N-methyl/N-ethyl adjacent to an activating group) is 1. The quantitative estimate of drug-likeness (QED) is 0.236. The molecule has 1 aromatic heterocycles. The molecule has 9 nitrogen and oxygen atoms in total. The molecule has 0 bridgehead atoms. The first-order valence-corrected chi connectivity index (χ1v) is 11.3. The van der Waals surface area contributed by atoms with Crippen molar-refractivity contribution in [3.05, 3.63) is 24.2 Å². The number of guanidine groups is 1. The van der Waals surface area contributed by atoms with Gasteiger partial charge in [0, 0.05) is 59.9 Å². The number of halogens is 1. The summed E-state index contributed by atoms with van der Waals surface area (Å²) in [5.41, 5.74) is 0. The number of hydrogen-bond acceptors (Lipinski definition) is 5. The number of nitrogens with one attached hydrogen (secondary N) is 1. The number of piperazine rings is 1. The number of rotatable bonds is 7. The lowest BCUT2D eigenvalue weighted by molar-refractivity contribution is -0.133. The number of carbonyl (C=O) groups is 2. The second-order valence-electron chi connectivity index (χ2n) is 8.27. The summed E-state index contributed by atoms with van der Waals surface area (Å²) in [6.07, 6.45) is 4.48. The van der Waals surface area contributed by atoms with Gasteiger partial charge in [0.05, 0.1) is 12.3 Å². The molecule has 0 aromatic carbocycles. The number of furan rings is 1. The van der Waals surface area contributed by atoms with E-state index in [4.69, 9.17) is 9.41 Å². The van der Waals surface area contributed by atoms with Gasteiger partial charge in [0.15, 0.2) is 11.7 Å². The van der Waals surface area contributed by atoms with Crippen molar-refractivity contribution in [2.45, 2.75) is 32.2 Å². The van der Waals surface area contributed by atoms with Gasteiger partial charge in [-0.15, -0.1) is 24.0 Å². The molecule has 10 heteroatoms. The zero-order valence-electron chi connectivity index (χ0n) is 19.5. The fourth-order valence-electron chi connectivity index (χ4n) is 4.23. The van der Waals surface area contributed by atoms with Crippen molar-refractivity contribution in [2.75, 3.05) is 66.5 Å². The van der Waals surface area contributed by atoms with Crippen LogP contribution in [-0.4, -0.2) is 110 Å². The molecule has 0 saturated carbocycles. The van der Waals surface area contributed by atoms with Crippen molar-refractivity contribution in [2.24, 2.45) is 4.99 Å². The molecule has 3 heterocycles. The second kappa shape index (κ2) is 13.0. The number of nitrogens with zero attached hydrogens (tertiary/aromatic N) is 5. The van der Waals surface area contributed by atoms with Crippen LogP contribution in [0.2, 0.25) is 0 Å². The van der Waals surface area contributed by atoms with E-state index >= 15 is 0 Å². The summed E-state index contributed by atoms with van der Waals surface area (Å²) in [5, 5.41) is 3.37. The number of likely N-dealkylation sites (tertiary alicyclic amines) is 1. The first-order chi connectivity index (χ1) is 15.0. The molecular formula is C22H37IN6O3. The van der Waals surface area contributed by atoms with Crippen molar-refractivity contribution in [3.8, 4) is 0 Å². The van der Waals surface area contributed by atoms with E-state index in [1.165, 1.54) is 6.26 Å². The molecule has 0 radical (unpaired) electrons. The van der Waals surface area contributed by atoms with Crippen molar-refractivity contribution < 1.29 is 14.0 Å².